The van der Waals surface area contributed by atoms with Crippen LogP contribution < -0.4 is 10.0 Å². The molecule has 2 N–H and O–H groups in total. The zero-order valence-electron chi connectivity index (χ0n) is 11.8. The van der Waals surface area contributed by atoms with E-state index >= 15 is 0 Å². The van der Waals surface area contributed by atoms with Gasteiger partial charge in [0.05, 0.1) is 7.11 Å². The van der Waals surface area contributed by atoms with Crippen molar-refractivity contribution in [2.45, 2.75) is 17.9 Å². The van der Waals surface area contributed by atoms with Gasteiger partial charge in [-0.1, -0.05) is 0 Å². The fraction of sp³-hybridized carbons (Fsp3) is 0.545. The van der Waals surface area contributed by atoms with Gasteiger partial charge in [0.25, 0.3) is 0 Å². The van der Waals surface area contributed by atoms with Crippen LogP contribution in [0.3, 0.4) is 0 Å². The molecule has 1 unspecified atom stereocenters. The molecule has 9 heteroatoms. The summed E-state index contributed by atoms with van der Waals surface area (Å²) in [6.45, 7) is 2.12. The Kier molecular flexibility index (Phi) is 7.21. The fourth-order valence-electron chi connectivity index (χ4n) is 1.41. The first kappa shape index (κ1) is 18.9. The molecule has 0 aliphatic rings. The van der Waals surface area contributed by atoms with Gasteiger partial charge in [0.15, 0.2) is 0 Å². The minimum atomic E-state index is -3.63. The van der Waals surface area contributed by atoms with E-state index < -0.39 is 16.0 Å². The monoisotopic (exact) mass is 325 g/mol. The van der Waals surface area contributed by atoms with Crippen molar-refractivity contribution >= 4 is 28.4 Å². The van der Waals surface area contributed by atoms with Crippen molar-refractivity contribution in [3.05, 3.63) is 18.0 Å². The minimum absolute atomic E-state index is 0. The molecule has 0 fully saturated rings. The second-order valence-electron chi connectivity index (χ2n) is 4.21. The number of likely N-dealkylation sites (N-methyl/N-ethyl adjacent to an activating group) is 1. The van der Waals surface area contributed by atoms with E-state index in [4.69, 9.17) is 0 Å². The van der Waals surface area contributed by atoms with Crippen LogP contribution in [0.4, 0.5) is 0 Å². The predicted molar refractivity (Wildman–Crippen MR) is 77.7 cm³/mol. The van der Waals surface area contributed by atoms with Crippen LogP contribution in [0.25, 0.3) is 0 Å². The van der Waals surface area contributed by atoms with Gasteiger partial charge in [-0.05, 0) is 20.0 Å². The van der Waals surface area contributed by atoms with Crippen molar-refractivity contribution in [2.75, 3.05) is 20.7 Å². The van der Waals surface area contributed by atoms with E-state index in [9.17, 15) is 13.2 Å². The molecule has 0 aromatic carbocycles. The molecule has 1 aromatic heterocycles. The van der Waals surface area contributed by atoms with Crippen LogP contribution in [-0.4, -0.2) is 45.7 Å². The first-order valence-electron chi connectivity index (χ1n) is 5.73. The number of hydrogen-bond acceptors (Lipinski definition) is 5. The van der Waals surface area contributed by atoms with Crippen molar-refractivity contribution in [1.82, 2.24) is 14.6 Å². The maximum atomic E-state index is 12.0. The van der Waals surface area contributed by atoms with E-state index in [-0.39, 0.29) is 35.6 Å². The average molecular weight is 326 g/mol. The van der Waals surface area contributed by atoms with Gasteiger partial charge in [-0.25, -0.2) is 17.9 Å². The minimum Gasteiger partial charge on any atom is -0.464 e. The summed E-state index contributed by atoms with van der Waals surface area (Å²) in [5.41, 5.74) is 0.185. The molecular weight excluding hydrogens is 306 g/mol. The number of methoxy groups -OCH3 is 1. The summed E-state index contributed by atoms with van der Waals surface area (Å²) >= 11 is 0. The number of sulfonamides is 1. The third-order valence-corrected chi connectivity index (χ3v) is 4.15. The highest BCUT2D eigenvalue weighted by atomic mass is 35.5. The fourth-order valence-corrected chi connectivity index (χ4v) is 2.61. The normalized spacial score (nSPS) is 12.6. The number of ether oxygens (including phenoxy) is 1. The van der Waals surface area contributed by atoms with Crippen molar-refractivity contribution in [2.24, 2.45) is 7.05 Å². The van der Waals surface area contributed by atoms with Gasteiger partial charge >= 0.3 is 5.97 Å². The van der Waals surface area contributed by atoms with Gasteiger partial charge in [-0.15, -0.1) is 12.4 Å². The Labute approximate surface area is 125 Å². The van der Waals surface area contributed by atoms with Crippen molar-refractivity contribution in [1.29, 1.82) is 0 Å². The van der Waals surface area contributed by atoms with E-state index in [0.29, 0.717) is 0 Å². The third kappa shape index (κ3) is 4.48. The molecule has 1 heterocycles. The number of rotatable bonds is 6. The van der Waals surface area contributed by atoms with Crippen LogP contribution in [0.5, 0.6) is 0 Å². The molecular formula is C11H20ClN3O4S. The van der Waals surface area contributed by atoms with Crippen LogP contribution in [0.1, 0.15) is 17.4 Å². The molecule has 1 rings (SSSR count). The topological polar surface area (TPSA) is 89.4 Å². The molecule has 0 spiro atoms. The lowest BCUT2D eigenvalue weighted by atomic mass is 10.4. The summed E-state index contributed by atoms with van der Waals surface area (Å²) < 4.78 is 32.5. The maximum absolute atomic E-state index is 12.0. The zero-order chi connectivity index (χ0) is 14.6. The van der Waals surface area contributed by atoms with E-state index in [0.717, 1.165) is 0 Å². The van der Waals surface area contributed by atoms with E-state index in [1.165, 1.54) is 23.9 Å². The van der Waals surface area contributed by atoms with Gasteiger partial charge in [0, 0.05) is 25.8 Å². The Morgan fingerprint density at radius 1 is 1.50 bits per heavy atom. The Balaban J connectivity index is 0.00000361. The summed E-state index contributed by atoms with van der Waals surface area (Å²) in [4.78, 5) is 11.5. The molecule has 0 amide bonds. The number of nitrogens with zero attached hydrogens (tertiary/aromatic N) is 1. The first-order chi connectivity index (χ1) is 8.81. The highest BCUT2D eigenvalue weighted by Crippen LogP contribution is 2.14. The Bertz CT molecular complexity index is 556. The number of aryl methyl sites for hydroxylation is 1. The number of carbonyl (C=O) groups excluding carboxylic acids is 1. The lowest BCUT2D eigenvalue weighted by molar-refractivity contribution is 0.0590. The van der Waals surface area contributed by atoms with Gasteiger partial charge in [0.1, 0.15) is 10.6 Å². The number of nitrogens with one attached hydrogen (secondary N) is 2. The molecule has 7 nitrogen and oxygen atoms in total. The molecule has 0 saturated carbocycles. The lowest BCUT2D eigenvalue weighted by Crippen LogP contribution is -2.37. The van der Waals surface area contributed by atoms with Crippen LogP contribution in [0, 0.1) is 0 Å². The predicted octanol–water partition coefficient (Wildman–Crippen LogP) is 0.120. The van der Waals surface area contributed by atoms with Gasteiger partial charge in [-0.2, -0.15) is 0 Å². The SMILES string of the molecule is CNC(C)CNS(=O)(=O)c1cc(C(=O)OC)n(C)c1.Cl. The highest BCUT2D eigenvalue weighted by Gasteiger charge is 2.21. The largest absolute Gasteiger partial charge is 0.464 e. The number of carbonyl (C=O) groups is 1. The molecule has 20 heavy (non-hydrogen) atoms. The Morgan fingerprint density at radius 3 is 2.60 bits per heavy atom. The molecule has 1 aromatic rings. The molecule has 0 radical (unpaired) electrons. The van der Waals surface area contributed by atoms with Gasteiger partial charge in [0.2, 0.25) is 10.0 Å². The van der Waals surface area contributed by atoms with Crippen molar-refractivity contribution in [3.63, 3.8) is 0 Å². The molecule has 0 saturated heterocycles. The van der Waals surface area contributed by atoms with Crippen molar-refractivity contribution < 1.29 is 17.9 Å². The van der Waals surface area contributed by atoms with E-state index in [2.05, 4.69) is 14.8 Å². The summed E-state index contributed by atoms with van der Waals surface area (Å²) in [6, 6.07) is 1.30. The quantitative estimate of drug-likeness (QED) is 0.725. The molecule has 116 valence electrons. The highest BCUT2D eigenvalue weighted by molar-refractivity contribution is 7.89. The summed E-state index contributed by atoms with van der Waals surface area (Å²) in [7, 11) is 0.951. The van der Waals surface area contributed by atoms with Crippen LogP contribution in [0.15, 0.2) is 17.2 Å². The van der Waals surface area contributed by atoms with Crippen molar-refractivity contribution in [3.8, 4) is 0 Å². The number of aromatic nitrogens is 1. The number of halogens is 1. The first-order valence-corrected chi connectivity index (χ1v) is 7.21. The standard InChI is InChI=1S/C11H19N3O4S.ClH/c1-8(12-2)6-13-19(16,17)9-5-10(11(15)18-4)14(3)7-9;/h5,7-8,12-13H,6H2,1-4H3;1H. The number of hydrogen-bond donors (Lipinski definition) is 2. The summed E-state index contributed by atoms with van der Waals surface area (Å²) in [5, 5.41) is 2.93. The number of esters is 1. The van der Waals surface area contributed by atoms with Crippen LogP contribution >= 0.6 is 12.4 Å². The van der Waals surface area contributed by atoms with Gasteiger partial charge < -0.3 is 14.6 Å². The van der Waals surface area contributed by atoms with E-state index in [1.54, 1.807) is 14.1 Å². The maximum Gasteiger partial charge on any atom is 0.354 e. The lowest BCUT2D eigenvalue weighted by Gasteiger charge is -2.10. The average Bonchev–Trinajstić information content (AvgIpc) is 2.78. The van der Waals surface area contributed by atoms with Crippen LogP contribution in [0.2, 0.25) is 0 Å². The Morgan fingerprint density at radius 2 is 2.10 bits per heavy atom. The zero-order valence-corrected chi connectivity index (χ0v) is 13.5. The second-order valence-corrected chi connectivity index (χ2v) is 5.97. The van der Waals surface area contributed by atoms with Crippen LogP contribution in [-0.2, 0) is 21.8 Å². The summed E-state index contributed by atoms with van der Waals surface area (Å²) in [6.07, 6.45) is 1.37. The third-order valence-electron chi connectivity index (χ3n) is 2.76. The van der Waals surface area contributed by atoms with E-state index in [1.807, 2.05) is 6.92 Å². The molecule has 0 aliphatic heterocycles. The summed E-state index contributed by atoms with van der Waals surface area (Å²) in [5.74, 6) is -0.576. The molecule has 0 bridgehead atoms. The second kappa shape index (κ2) is 7.63. The Hall–Kier alpha value is -1.09. The van der Waals surface area contributed by atoms with Gasteiger partial charge in [-0.3, -0.25) is 0 Å². The molecule has 0 aliphatic carbocycles. The molecule has 1 atom stereocenters. The smallest absolute Gasteiger partial charge is 0.354 e.